The topological polar surface area (TPSA) is 58.6 Å². The maximum atomic E-state index is 11.5. The lowest BCUT2D eigenvalue weighted by molar-refractivity contribution is 0.0780. The average molecular weight is 265 g/mol. The third-order valence-corrected chi connectivity index (χ3v) is 2.93. The highest BCUT2D eigenvalue weighted by atomic mass is 16.5. The van der Waals surface area contributed by atoms with Crippen LogP contribution >= 0.6 is 0 Å². The molecule has 4 heteroatoms. The first-order valence-corrected chi connectivity index (χ1v) is 6.66. The molecule has 2 unspecified atom stereocenters. The van der Waals surface area contributed by atoms with Crippen molar-refractivity contribution >= 4 is 11.8 Å². The molecule has 0 bridgehead atoms. The predicted molar refractivity (Wildman–Crippen MR) is 76.0 cm³/mol. The van der Waals surface area contributed by atoms with E-state index >= 15 is 0 Å². The molecule has 0 aliphatic carbocycles. The number of para-hydroxylation sites is 1. The van der Waals surface area contributed by atoms with Gasteiger partial charge < -0.3 is 9.84 Å². The highest BCUT2D eigenvalue weighted by Gasteiger charge is 2.15. The minimum atomic E-state index is -0.461. The molecule has 1 amide bonds. The molecule has 2 N–H and O–H groups in total. The number of rotatable bonds is 6. The van der Waals surface area contributed by atoms with Crippen molar-refractivity contribution in [2.45, 2.75) is 33.3 Å². The van der Waals surface area contributed by atoms with E-state index < -0.39 is 6.09 Å². The molecule has 0 aromatic heterocycles. The minimum Gasteiger partial charge on any atom is -0.449 e. The Morgan fingerprint density at radius 1 is 1.26 bits per heavy atom. The maximum Gasteiger partial charge on any atom is 0.411 e. The summed E-state index contributed by atoms with van der Waals surface area (Å²) in [4.78, 5) is 11.5. The lowest BCUT2D eigenvalue weighted by Gasteiger charge is -2.19. The largest absolute Gasteiger partial charge is 0.449 e. The number of anilines is 1. The summed E-state index contributed by atoms with van der Waals surface area (Å²) >= 11 is 0. The van der Waals surface area contributed by atoms with Crippen LogP contribution in [0, 0.1) is 11.8 Å². The van der Waals surface area contributed by atoms with Crippen molar-refractivity contribution in [1.29, 1.82) is 0 Å². The first kappa shape index (κ1) is 15.5. The second kappa shape index (κ2) is 7.79. The van der Waals surface area contributed by atoms with Gasteiger partial charge in [-0.2, -0.15) is 0 Å². The molecule has 2 atom stereocenters. The van der Waals surface area contributed by atoms with Crippen LogP contribution in [0.3, 0.4) is 0 Å². The van der Waals surface area contributed by atoms with Gasteiger partial charge in [0.1, 0.15) is 0 Å². The van der Waals surface area contributed by atoms with Gasteiger partial charge in [-0.15, -0.1) is 0 Å². The Morgan fingerprint density at radius 2 is 1.89 bits per heavy atom. The Hall–Kier alpha value is -1.55. The Labute approximate surface area is 114 Å². The van der Waals surface area contributed by atoms with Gasteiger partial charge in [-0.3, -0.25) is 5.32 Å². The van der Waals surface area contributed by atoms with Crippen molar-refractivity contribution < 1.29 is 14.6 Å². The second-order valence-corrected chi connectivity index (χ2v) is 5.24. The van der Waals surface area contributed by atoms with Crippen LogP contribution in [0.2, 0.25) is 0 Å². The van der Waals surface area contributed by atoms with E-state index in [-0.39, 0.29) is 17.9 Å². The number of nitrogens with one attached hydrogen (secondary N) is 1. The number of benzene rings is 1. The van der Waals surface area contributed by atoms with E-state index in [9.17, 15) is 9.90 Å². The summed E-state index contributed by atoms with van der Waals surface area (Å²) in [7, 11) is 0. The van der Waals surface area contributed by atoms with Crippen molar-refractivity contribution in [3.63, 3.8) is 0 Å². The van der Waals surface area contributed by atoms with E-state index in [1.807, 2.05) is 39.0 Å². The number of ether oxygens (including phenoxy) is 1. The molecule has 0 heterocycles. The van der Waals surface area contributed by atoms with Crippen LogP contribution in [0.4, 0.5) is 10.5 Å². The van der Waals surface area contributed by atoms with E-state index in [1.54, 1.807) is 12.1 Å². The van der Waals surface area contributed by atoms with Crippen LogP contribution in [-0.2, 0) is 4.74 Å². The number of amides is 1. The third-order valence-electron chi connectivity index (χ3n) is 2.93. The highest BCUT2D eigenvalue weighted by molar-refractivity contribution is 5.84. The Kier molecular flexibility index (Phi) is 6.36. The molecule has 1 rings (SSSR count). The van der Waals surface area contributed by atoms with Gasteiger partial charge in [0.05, 0.1) is 12.7 Å². The highest BCUT2D eigenvalue weighted by Crippen LogP contribution is 2.13. The monoisotopic (exact) mass is 265 g/mol. The fourth-order valence-electron chi connectivity index (χ4n) is 1.65. The number of hydrogen-bond acceptors (Lipinski definition) is 3. The summed E-state index contributed by atoms with van der Waals surface area (Å²) in [6.07, 6.45) is -0.177. The van der Waals surface area contributed by atoms with Crippen molar-refractivity contribution in [2.24, 2.45) is 11.8 Å². The van der Waals surface area contributed by atoms with Crippen LogP contribution in [0.25, 0.3) is 0 Å². The number of carbonyl (C=O) groups excluding carboxylic acids is 1. The molecule has 1 aromatic carbocycles. The zero-order chi connectivity index (χ0) is 14.3. The van der Waals surface area contributed by atoms with Gasteiger partial charge in [-0.25, -0.2) is 4.79 Å². The summed E-state index contributed by atoms with van der Waals surface area (Å²) in [6, 6.07) is 9.17. The smallest absolute Gasteiger partial charge is 0.411 e. The van der Waals surface area contributed by atoms with E-state index in [4.69, 9.17) is 4.74 Å². The summed E-state index contributed by atoms with van der Waals surface area (Å²) < 4.78 is 5.13. The van der Waals surface area contributed by atoms with Crippen LogP contribution in [-0.4, -0.2) is 23.9 Å². The van der Waals surface area contributed by atoms with Gasteiger partial charge in [0, 0.05) is 5.69 Å². The molecular formula is C15H23NO3. The lowest BCUT2D eigenvalue weighted by atomic mass is 9.97. The summed E-state index contributed by atoms with van der Waals surface area (Å²) in [5.41, 5.74) is 0.711. The number of aliphatic hydroxyl groups excluding tert-OH is 1. The first-order chi connectivity index (χ1) is 8.99. The molecule has 0 fully saturated rings. The first-order valence-electron chi connectivity index (χ1n) is 6.66. The molecule has 0 radical (unpaired) electrons. The summed E-state index contributed by atoms with van der Waals surface area (Å²) in [5.74, 6) is 0.361. The Bertz CT molecular complexity index is 378. The third kappa shape index (κ3) is 6.25. The zero-order valence-corrected chi connectivity index (χ0v) is 11.8. The Balaban J connectivity index is 2.26. The maximum absolute atomic E-state index is 11.5. The molecule has 0 saturated heterocycles. The second-order valence-electron chi connectivity index (χ2n) is 5.24. The van der Waals surface area contributed by atoms with Gasteiger partial charge in [0.15, 0.2) is 0 Å². The number of carbonyl (C=O) groups is 1. The molecule has 1 aromatic rings. The molecule has 0 spiro atoms. The molecule has 106 valence electrons. The average Bonchev–Trinajstić information content (AvgIpc) is 2.37. The molecule has 19 heavy (non-hydrogen) atoms. The number of hydrogen-bond donors (Lipinski definition) is 2. The van der Waals surface area contributed by atoms with Crippen LogP contribution < -0.4 is 5.32 Å². The molecule has 0 saturated carbocycles. The van der Waals surface area contributed by atoms with Crippen LogP contribution in [0.1, 0.15) is 27.2 Å². The SMILES string of the molecule is CC(COC(=O)Nc1ccccc1)CC(O)C(C)C. The Morgan fingerprint density at radius 3 is 2.47 bits per heavy atom. The summed E-state index contributed by atoms with van der Waals surface area (Å²) in [5, 5.41) is 12.4. The van der Waals surface area contributed by atoms with Gasteiger partial charge in [-0.1, -0.05) is 39.0 Å². The van der Waals surface area contributed by atoms with Gasteiger partial charge in [0.25, 0.3) is 0 Å². The van der Waals surface area contributed by atoms with Gasteiger partial charge in [0.2, 0.25) is 0 Å². The molecule has 4 nitrogen and oxygen atoms in total. The lowest BCUT2D eigenvalue weighted by Crippen LogP contribution is -2.23. The zero-order valence-electron chi connectivity index (χ0n) is 11.8. The van der Waals surface area contributed by atoms with E-state index in [0.29, 0.717) is 18.7 Å². The predicted octanol–water partition coefficient (Wildman–Crippen LogP) is 3.28. The summed E-state index contributed by atoms with van der Waals surface area (Å²) in [6.45, 7) is 6.21. The van der Waals surface area contributed by atoms with Crippen molar-refractivity contribution in [3.05, 3.63) is 30.3 Å². The van der Waals surface area contributed by atoms with E-state index in [2.05, 4.69) is 5.32 Å². The molecule has 0 aliphatic heterocycles. The normalized spacial score (nSPS) is 13.9. The van der Waals surface area contributed by atoms with Crippen LogP contribution in [0.5, 0.6) is 0 Å². The van der Waals surface area contributed by atoms with Crippen molar-refractivity contribution in [3.8, 4) is 0 Å². The van der Waals surface area contributed by atoms with Gasteiger partial charge in [-0.05, 0) is 30.4 Å². The quantitative estimate of drug-likeness (QED) is 0.830. The van der Waals surface area contributed by atoms with E-state index in [0.717, 1.165) is 0 Å². The minimum absolute atomic E-state index is 0.138. The van der Waals surface area contributed by atoms with E-state index in [1.165, 1.54) is 0 Å². The van der Waals surface area contributed by atoms with Gasteiger partial charge >= 0.3 is 6.09 Å². The molecule has 0 aliphatic rings. The van der Waals surface area contributed by atoms with Crippen LogP contribution in [0.15, 0.2) is 30.3 Å². The molecular weight excluding hydrogens is 242 g/mol. The standard InChI is InChI=1S/C15H23NO3/c1-11(2)14(17)9-12(3)10-19-15(18)16-13-7-5-4-6-8-13/h4-8,11-12,14,17H,9-10H2,1-3H3,(H,16,18). The fourth-order valence-corrected chi connectivity index (χ4v) is 1.65. The van der Waals surface area contributed by atoms with Crippen molar-refractivity contribution in [1.82, 2.24) is 0 Å². The fraction of sp³-hybridized carbons (Fsp3) is 0.533. The number of aliphatic hydroxyl groups is 1. The van der Waals surface area contributed by atoms with Crippen molar-refractivity contribution in [2.75, 3.05) is 11.9 Å².